The summed E-state index contributed by atoms with van der Waals surface area (Å²) in [5.41, 5.74) is 5.81. The number of ether oxygens (including phenoxy) is 1. The molecule has 3 unspecified atom stereocenters. The zero-order chi connectivity index (χ0) is 43.5. The van der Waals surface area contributed by atoms with Gasteiger partial charge >= 0.3 is 0 Å². The van der Waals surface area contributed by atoms with Gasteiger partial charge in [-0.3, -0.25) is 24.6 Å². The van der Waals surface area contributed by atoms with Gasteiger partial charge in [0.2, 0.25) is 17.8 Å². The smallest absolute Gasteiger partial charge is 0.255 e. The van der Waals surface area contributed by atoms with Crippen molar-refractivity contribution in [1.82, 2.24) is 35.0 Å². The summed E-state index contributed by atoms with van der Waals surface area (Å²) in [7, 11) is 0. The zero-order valence-corrected chi connectivity index (χ0v) is 37.1. The number of benzene rings is 2. The van der Waals surface area contributed by atoms with Crippen LogP contribution >= 0.6 is 0 Å². The minimum Gasteiger partial charge on any atom is -0.373 e. The molecule has 3 amide bonds. The molecule has 3 atom stereocenters. The number of hydrogen-bond donors (Lipinski definition) is 2. The van der Waals surface area contributed by atoms with Gasteiger partial charge in [0.25, 0.3) is 5.91 Å². The Morgan fingerprint density at radius 1 is 0.921 bits per heavy atom. The number of nitrogens with one attached hydrogen (secondary N) is 2. The Balaban J connectivity index is 0.698. The van der Waals surface area contributed by atoms with Crippen molar-refractivity contribution in [2.75, 3.05) is 68.8 Å². The van der Waals surface area contributed by atoms with E-state index in [4.69, 9.17) is 14.7 Å². The van der Waals surface area contributed by atoms with Crippen molar-refractivity contribution >= 4 is 40.3 Å². The van der Waals surface area contributed by atoms with Gasteiger partial charge in [0.05, 0.1) is 18.2 Å². The van der Waals surface area contributed by atoms with E-state index in [1.165, 1.54) is 17.4 Å². The molecular weight excluding hydrogens is 798 g/mol. The van der Waals surface area contributed by atoms with E-state index in [-0.39, 0.29) is 41.8 Å². The Bertz CT molecular complexity index is 2350. The van der Waals surface area contributed by atoms with Gasteiger partial charge in [0.15, 0.2) is 0 Å². The Hall–Kier alpha value is -4.92. The molecule has 0 saturated carbocycles. The number of fused-ring (bicyclic) bond motifs is 4. The molecule has 14 heteroatoms. The summed E-state index contributed by atoms with van der Waals surface area (Å²) < 4.78 is 21.9. The van der Waals surface area contributed by atoms with E-state index in [0.29, 0.717) is 31.0 Å². The number of piperidine rings is 3. The molecule has 0 aliphatic carbocycles. The van der Waals surface area contributed by atoms with Crippen LogP contribution in [-0.2, 0) is 27.3 Å². The van der Waals surface area contributed by atoms with Crippen molar-refractivity contribution < 1.29 is 23.5 Å². The number of carbonyl (C=O) groups is 3. The molecule has 0 bridgehead atoms. The summed E-state index contributed by atoms with van der Waals surface area (Å²) in [6, 6.07) is 13.9. The van der Waals surface area contributed by atoms with Crippen molar-refractivity contribution in [2.45, 2.75) is 114 Å². The average Bonchev–Trinajstić information content (AvgIpc) is 3.73. The molecule has 10 rings (SSSR count). The lowest BCUT2D eigenvalue weighted by Gasteiger charge is -2.42. The lowest BCUT2D eigenvalue weighted by molar-refractivity contribution is -0.136. The van der Waals surface area contributed by atoms with Gasteiger partial charge in [0, 0.05) is 111 Å². The molecule has 8 heterocycles. The number of para-hydroxylation sites is 1. The third kappa shape index (κ3) is 8.46. The van der Waals surface area contributed by atoms with Crippen molar-refractivity contribution in [1.29, 1.82) is 0 Å². The number of aromatic nitrogens is 3. The Morgan fingerprint density at radius 2 is 1.68 bits per heavy atom. The number of alkyl halides is 1. The molecule has 1 spiro atoms. The van der Waals surface area contributed by atoms with Gasteiger partial charge < -0.3 is 29.3 Å². The monoisotopic (exact) mass is 859 g/mol. The first-order valence-electron chi connectivity index (χ1n) is 23.4. The van der Waals surface area contributed by atoms with Crippen LogP contribution in [0.1, 0.15) is 111 Å². The van der Waals surface area contributed by atoms with E-state index in [1.807, 2.05) is 24.5 Å². The van der Waals surface area contributed by atoms with Crippen LogP contribution in [0.15, 0.2) is 54.9 Å². The molecule has 334 valence electrons. The SMILES string of the molecule is CC1Cc2c([nH]c3ccccc23)C(c2cnc(N3CCC(CCN4CCOC5(CC4)CCN(c4ccc6c(c4)CN(C4CCC(=O)NC4=O)C6=O)CC5)CC3)nc2)N1CC(C)(C)F. The highest BCUT2D eigenvalue weighted by molar-refractivity contribution is 6.05. The van der Waals surface area contributed by atoms with Crippen molar-refractivity contribution in [3.63, 3.8) is 0 Å². The number of halogens is 1. The van der Waals surface area contributed by atoms with E-state index in [9.17, 15) is 14.4 Å². The van der Waals surface area contributed by atoms with E-state index >= 15 is 4.39 Å². The van der Waals surface area contributed by atoms with Gasteiger partial charge in [-0.2, -0.15) is 0 Å². The van der Waals surface area contributed by atoms with Crippen LogP contribution in [0.5, 0.6) is 0 Å². The number of H-pyrrole nitrogens is 1. The van der Waals surface area contributed by atoms with Crippen molar-refractivity contribution in [3.8, 4) is 0 Å². The number of hydrogen-bond acceptors (Lipinski definition) is 10. The molecule has 63 heavy (non-hydrogen) atoms. The molecule has 13 nitrogen and oxygen atoms in total. The summed E-state index contributed by atoms with van der Waals surface area (Å²) in [5, 5.41) is 3.63. The fourth-order valence-corrected chi connectivity index (χ4v) is 11.5. The largest absolute Gasteiger partial charge is 0.373 e. The maximum Gasteiger partial charge on any atom is 0.255 e. The van der Waals surface area contributed by atoms with Gasteiger partial charge in [-0.1, -0.05) is 18.2 Å². The molecule has 6 aliphatic rings. The van der Waals surface area contributed by atoms with Gasteiger partial charge in [-0.05, 0) is 120 Å². The summed E-state index contributed by atoms with van der Waals surface area (Å²) in [4.78, 5) is 62.2. The number of nitrogens with zero attached hydrogens (tertiary/aromatic N) is 7. The number of anilines is 2. The van der Waals surface area contributed by atoms with Crippen LogP contribution in [-0.4, -0.2) is 130 Å². The third-order valence-electron chi connectivity index (χ3n) is 15.0. The minimum absolute atomic E-state index is 0.101. The standard InChI is InChI=1S/C49H62FN9O4/c1-32-26-39-38-6-4-5-7-40(38)53-43(39)44(59(32)31-48(2,3)50)35-28-51-47(52-29-35)57-19-13-33(14-20-57)12-18-55-21-15-49(63-25-24-55)16-22-56(23-17-49)36-8-9-37-34(27-36)30-58(46(37)62)41-10-11-42(60)54-45(41)61/h4-9,27-29,32-33,41,44,53H,10-26,30-31H2,1-3H3,(H,54,60,61). The fraction of sp³-hybridized carbons (Fsp3) is 0.571. The molecule has 4 fully saturated rings. The molecule has 4 aromatic rings. The van der Waals surface area contributed by atoms with E-state index in [1.54, 1.807) is 18.7 Å². The first kappa shape index (κ1) is 42.1. The Morgan fingerprint density at radius 3 is 2.44 bits per heavy atom. The first-order chi connectivity index (χ1) is 30.4. The molecule has 2 N–H and O–H groups in total. The second kappa shape index (κ2) is 16.9. The second-order valence-corrected chi connectivity index (χ2v) is 19.8. The topological polar surface area (TPSA) is 130 Å². The highest BCUT2D eigenvalue weighted by Gasteiger charge is 2.42. The average molecular weight is 860 g/mol. The van der Waals surface area contributed by atoms with Gasteiger partial charge in [0.1, 0.15) is 11.7 Å². The number of aromatic amines is 1. The van der Waals surface area contributed by atoms with Crippen LogP contribution in [0.3, 0.4) is 0 Å². The Kier molecular flexibility index (Phi) is 11.3. The van der Waals surface area contributed by atoms with E-state index in [2.05, 4.69) is 67.2 Å². The number of carbonyl (C=O) groups excluding carboxylic acids is 3. The molecule has 0 radical (unpaired) electrons. The normalized spacial score (nSPS) is 25.1. The summed E-state index contributed by atoms with van der Waals surface area (Å²) >= 11 is 0. The number of imide groups is 1. The van der Waals surface area contributed by atoms with Crippen LogP contribution in [0.25, 0.3) is 10.9 Å². The summed E-state index contributed by atoms with van der Waals surface area (Å²) in [6.45, 7) is 13.8. The number of rotatable bonds is 9. The van der Waals surface area contributed by atoms with Gasteiger partial charge in [-0.25, -0.2) is 14.4 Å². The number of amides is 3. The lowest BCUT2D eigenvalue weighted by atomic mass is 9.87. The minimum atomic E-state index is -1.34. The first-order valence-corrected chi connectivity index (χ1v) is 23.4. The molecule has 2 aromatic carbocycles. The quantitative estimate of drug-likeness (QED) is 0.189. The van der Waals surface area contributed by atoms with E-state index in [0.717, 1.165) is 125 Å². The van der Waals surface area contributed by atoms with Crippen molar-refractivity contribution in [3.05, 3.63) is 82.8 Å². The molecule has 4 saturated heterocycles. The Labute approximate surface area is 369 Å². The fourth-order valence-electron chi connectivity index (χ4n) is 11.5. The van der Waals surface area contributed by atoms with Crippen LogP contribution in [0.2, 0.25) is 0 Å². The molecule has 6 aliphatic heterocycles. The van der Waals surface area contributed by atoms with Gasteiger partial charge in [-0.15, -0.1) is 0 Å². The van der Waals surface area contributed by atoms with Crippen LogP contribution < -0.4 is 15.1 Å². The molecule has 2 aromatic heterocycles. The second-order valence-electron chi connectivity index (χ2n) is 19.8. The lowest BCUT2D eigenvalue weighted by Crippen LogP contribution is -2.52. The van der Waals surface area contributed by atoms with Crippen molar-refractivity contribution in [2.24, 2.45) is 5.92 Å². The predicted molar refractivity (Wildman–Crippen MR) is 240 cm³/mol. The zero-order valence-electron chi connectivity index (χ0n) is 37.1. The van der Waals surface area contributed by atoms with Crippen LogP contribution in [0, 0.1) is 5.92 Å². The summed E-state index contributed by atoms with van der Waals surface area (Å²) in [6.07, 6.45) is 11.8. The predicted octanol–water partition coefficient (Wildman–Crippen LogP) is 6.17. The maximum absolute atomic E-state index is 15.2. The maximum atomic E-state index is 15.2. The highest BCUT2D eigenvalue weighted by atomic mass is 19.1. The van der Waals surface area contributed by atoms with E-state index < -0.39 is 11.7 Å². The highest BCUT2D eigenvalue weighted by Crippen LogP contribution is 2.42. The van der Waals surface area contributed by atoms with Crippen LogP contribution in [0.4, 0.5) is 16.0 Å². The summed E-state index contributed by atoms with van der Waals surface area (Å²) in [5.74, 6) is 0.659. The molecular formula is C49H62FN9O4. The third-order valence-corrected chi connectivity index (χ3v) is 15.0.